The third kappa shape index (κ3) is 3.07. The zero-order chi connectivity index (χ0) is 27.6. The van der Waals surface area contributed by atoms with E-state index in [1.54, 1.807) is 0 Å². The van der Waals surface area contributed by atoms with Gasteiger partial charge in [0.05, 0.1) is 16.6 Å². The number of Topliss-reactive ketones (excluding diaryl/α,β-unsaturated/α-hetero) is 1. The molecule has 2 saturated carbocycles. The summed E-state index contributed by atoms with van der Waals surface area (Å²) < 4.78 is 5.86. The first-order valence-electron chi connectivity index (χ1n) is 14.5. The molecule has 3 aliphatic carbocycles. The fourth-order valence-electron chi connectivity index (χ4n) is 9.04. The van der Waals surface area contributed by atoms with Crippen LogP contribution in [0.15, 0.2) is 23.8 Å². The minimum Gasteiger partial charge on any atom is -0.388 e. The maximum atomic E-state index is 13.1. The Balaban J connectivity index is 1.55. The van der Waals surface area contributed by atoms with Crippen LogP contribution in [0.3, 0.4) is 0 Å². The predicted molar refractivity (Wildman–Crippen MR) is 150 cm³/mol. The predicted octanol–water partition coefficient (Wildman–Crippen LogP) is 6.24. The molecule has 2 aromatic rings. The van der Waals surface area contributed by atoms with E-state index in [9.17, 15) is 15.0 Å². The van der Waals surface area contributed by atoms with E-state index >= 15 is 0 Å². The van der Waals surface area contributed by atoms with Crippen LogP contribution in [0, 0.1) is 16.7 Å². The van der Waals surface area contributed by atoms with Crippen molar-refractivity contribution in [3.05, 3.63) is 46.2 Å². The van der Waals surface area contributed by atoms with E-state index in [1.165, 1.54) is 27.8 Å². The molecule has 1 saturated heterocycles. The quantitative estimate of drug-likeness (QED) is 0.329. The number of aromatic amines is 1. The number of nitrogens with one attached hydrogen (secondary N) is 1. The van der Waals surface area contributed by atoms with Crippen LogP contribution in [-0.4, -0.2) is 38.3 Å². The second-order valence-electron chi connectivity index (χ2n) is 14.5. The highest BCUT2D eigenvalue weighted by atomic mass is 16.6. The van der Waals surface area contributed by atoms with Crippen LogP contribution in [0.4, 0.5) is 0 Å². The average Bonchev–Trinajstić information content (AvgIpc) is 3.18. The van der Waals surface area contributed by atoms with E-state index in [-0.39, 0.29) is 22.9 Å². The number of epoxide rings is 1. The third-order valence-corrected chi connectivity index (χ3v) is 11.9. The monoisotopic (exact) mass is 520 g/mol. The molecule has 6 atom stereocenters. The molecular formula is C33H45NO4. The number of hydrogen-bond donors (Lipinski definition) is 3. The van der Waals surface area contributed by atoms with E-state index in [2.05, 4.69) is 50.9 Å². The van der Waals surface area contributed by atoms with Gasteiger partial charge < -0.3 is 19.9 Å². The molecule has 0 radical (unpaired) electrons. The van der Waals surface area contributed by atoms with Crippen molar-refractivity contribution in [3.8, 4) is 0 Å². The number of ether oxygens (including phenoxy) is 1. The summed E-state index contributed by atoms with van der Waals surface area (Å²) in [6, 6.07) is 4.20. The second kappa shape index (κ2) is 7.83. The summed E-state index contributed by atoms with van der Waals surface area (Å²) >= 11 is 0. The molecule has 3 fully saturated rings. The molecule has 1 aromatic carbocycles. The molecule has 4 aliphatic rings. The zero-order valence-electron chi connectivity index (χ0n) is 24.4. The average molecular weight is 521 g/mol. The molecule has 1 aliphatic heterocycles. The standard InChI is InChI=1S/C33H45NO4/c1-18(2)9-10-20-21(26(36)28-30(5,6)38-28)11-12-23-25(20)22-17-19-13-16-33(37)29(3,4)24(35)14-15-31(33,7)32(19,8)27(22)34-23/h9,11-12,19,26,28,34,36-37H,10,13-17H2,1-8H3/t19-,26-,28?,31+,32+,33+/m0/s1/i34+1. The number of aliphatic hydroxyl groups is 2. The van der Waals surface area contributed by atoms with Gasteiger partial charge in [-0.3, -0.25) is 4.79 Å². The molecule has 206 valence electrons. The third-order valence-electron chi connectivity index (χ3n) is 11.9. The van der Waals surface area contributed by atoms with Gasteiger partial charge in [0, 0.05) is 33.8 Å². The van der Waals surface area contributed by atoms with Crippen LogP contribution in [0.25, 0.3) is 10.9 Å². The molecule has 0 spiro atoms. The van der Waals surface area contributed by atoms with Crippen molar-refractivity contribution in [2.24, 2.45) is 16.7 Å². The van der Waals surface area contributed by atoms with Crippen molar-refractivity contribution < 1.29 is 19.7 Å². The van der Waals surface area contributed by atoms with Gasteiger partial charge in [0.2, 0.25) is 0 Å². The van der Waals surface area contributed by atoms with Crippen LogP contribution in [0.5, 0.6) is 0 Å². The lowest BCUT2D eigenvalue weighted by Crippen LogP contribution is -2.71. The Morgan fingerprint density at radius 2 is 1.84 bits per heavy atom. The highest BCUT2D eigenvalue weighted by molar-refractivity contribution is 5.91. The Hall–Kier alpha value is -1.95. The van der Waals surface area contributed by atoms with Gasteiger partial charge in [0.25, 0.3) is 0 Å². The number of carbonyl (C=O) groups excluding carboxylic acids is 1. The van der Waals surface area contributed by atoms with Crippen molar-refractivity contribution in [2.45, 2.75) is 123 Å². The lowest BCUT2D eigenvalue weighted by molar-refractivity contribution is -0.233. The Bertz CT molecular complexity index is 1380. The highest BCUT2D eigenvalue weighted by Crippen LogP contribution is 2.70. The SMILES string of the molecule is CC(C)=CCc1c([C@H](O)C2OC2(C)C)ccc2[15nH]c3c(c12)C[C@@H]1CC[C@@]2(O)C(C)(C)C(=O)CC[C@]2(C)[C@@]31C. The molecule has 38 heavy (non-hydrogen) atoms. The number of H-pyrrole nitrogens is 1. The largest absolute Gasteiger partial charge is 0.388 e. The molecule has 0 amide bonds. The van der Waals surface area contributed by atoms with Crippen LogP contribution < -0.4 is 0 Å². The minimum atomic E-state index is -1.05. The molecule has 2 heterocycles. The van der Waals surface area contributed by atoms with Crippen LogP contribution >= 0.6 is 0 Å². The Kier molecular flexibility index (Phi) is 5.41. The van der Waals surface area contributed by atoms with Crippen LogP contribution in [0.2, 0.25) is 0 Å². The first-order valence-corrected chi connectivity index (χ1v) is 14.5. The highest BCUT2D eigenvalue weighted by Gasteiger charge is 2.72. The molecule has 5 heteroatoms. The summed E-state index contributed by atoms with van der Waals surface area (Å²) in [7, 11) is 0. The summed E-state index contributed by atoms with van der Waals surface area (Å²) in [5.41, 5.74) is 4.22. The van der Waals surface area contributed by atoms with Crippen LogP contribution in [0.1, 0.15) is 110 Å². The number of aliphatic hydroxyl groups excluding tert-OH is 1. The Labute approximate surface area is 227 Å². The number of aromatic nitrogens is 1. The van der Waals surface area contributed by atoms with E-state index in [1.807, 2.05) is 27.7 Å². The van der Waals surface area contributed by atoms with Gasteiger partial charge in [-0.1, -0.05) is 45.4 Å². The van der Waals surface area contributed by atoms with Gasteiger partial charge in [-0.15, -0.1) is 0 Å². The van der Waals surface area contributed by atoms with Gasteiger partial charge in [-0.2, -0.15) is 0 Å². The fraction of sp³-hybridized carbons (Fsp3) is 0.667. The molecule has 3 N–H and O–H groups in total. The van der Waals surface area contributed by atoms with Gasteiger partial charge in [-0.25, -0.2) is 0 Å². The van der Waals surface area contributed by atoms with Crippen LogP contribution in [-0.2, 0) is 27.8 Å². The number of benzene rings is 1. The van der Waals surface area contributed by atoms with Gasteiger partial charge in [-0.05, 0) is 88.5 Å². The number of fused-ring (bicyclic) bond motifs is 7. The first-order chi connectivity index (χ1) is 17.6. The first kappa shape index (κ1) is 26.3. The molecule has 0 bridgehead atoms. The number of carbonyl (C=O) groups is 1. The summed E-state index contributed by atoms with van der Waals surface area (Å²) in [5, 5.41) is 25.1. The zero-order valence-corrected chi connectivity index (χ0v) is 24.4. The van der Waals surface area contributed by atoms with Crippen molar-refractivity contribution in [3.63, 3.8) is 0 Å². The van der Waals surface area contributed by atoms with E-state index in [0.29, 0.717) is 25.2 Å². The second-order valence-corrected chi connectivity index (χ2v) is 14.5. The van der Waals surface area contributed by atoms with Gasteiger partial charge in [0.1, 0.15) is 18.0 Å². The number of hydrogen-bond acceptors (Lipinski definition) is 4. The topological polar surface area (TPSA) is 85.8 Å². The van der Waals surface area contributed by atoms with E-state index in [0.717, 1.165) is 30.3 Å². The van der Waals surface area contributed by atoms with Gasteiger partial charge in [0.15, 0.2) is 0 Å². The summed E-state index contributed by atoms with van der Waals surface area (Å²) in [6.45, 7) is 16.8. The Morgan fingerprint density at radius 3 is 2.47 bits per heavy atom. The van der Waals surface area contributed by atoms with Crippen molar-refractivity contribution in [1.29, 1.82) is 0 Å². The summed E-state index contributed by atoms with van der Waals surface area (Å²) in [5.74, 6) is 0.584. The minimum absolute atomic E-state index is 0.183. The molecule has 6 rings (SSSR count). The Morgan fingerprint density at radius 1 is 1.16 bits per heavy atom. The van der Waals surface area contributed by atoms with Crippen molar-refractivity contribution >= 4 is 16.7 Å². The fourth-order valence-corrected chi connectivity index (χ4v) is 9.04. The van der Waals surface area contributed by atoms with E-state index < -0.39 is 22.5 Å². The van der Waals surface area contributed by atoms with Gasteiger partial charge >= 0.3 is 0 Å². The van der Waals surface area contributed by atoms with E-state index in [4.69, 9.17) is 4.74 Å². The maximum Gasteiger partial charge on any atom is 0.141 e. The number of rotatable bonds is 4. The number of allylic oxidation sites excluding steroid dienone is 2. The smallest absolute Gasteiger partial charge is 0.141 e. The lowest BCUT2D eigenvalue weighted by Gasteiger charge is -2.66. The molecule has 1 aromatic heterocycles. The molecule has 1 unspecified atom stereocenters. The van der Waals surface area contributed by atoms with Crippen molar-refractivity contribution in [2.75, 3.05) is 0 Å². The summed E-state index contributed by atoms with van der Waals surface area (Å²) in [4.78, 5) is 16.9. The molecular weight excluding hydrogens is 475 g/mol. The maximum absolute atomic E-state index is 13.1. The number of ketones is 1. The van der Waals surface area contributed by atoms with Crippen molar-refractivity contribution in [1.82, 2.24) is 4.98 Å². The molecule has 5 nitrogen and oxygen atoms in total. The normalized spacial score (nSPS) is 37.4. The lowest BCUT2D eigenvalue weighted by atomic mass is 9.39. The summed E-state index contributed by atoms with van der Waals surface area (Å²) in [6.07, 6.45) is 5.88.